The summed E-state index contributed by atoms with van der Waals surface area (Å²) < 4.78 is 16.0. The lowest BCUT2D eigenvalue weighted by molar-refractivity contribution is 0.0734. The van der Waals surface area contributed by atoms with Gasteiger partial charge in [-0.15, -0.1) is 0 Å². The second-order valence-electron chi connectivity index (χ2n) is 7.11. The van der Waals surface area contributed by atoms with Crippen LogP contribution in [-0.2, 0) is 0 Å². The van der Waals surface area contributed by atoms with Crippen LogP contribution >= 0.6 is 0 Å². The number of nitrogens with one attached hydrogen (secondary N) is 1. The Bertz CT molecular complexity index is 1080. The summed E-state index contributed by atoms with van der Waals surface area (Å²) in [5.74, 6) is 1.01. The molecule has 0 fully saturated rings. The molecule has 0 atom stereocenters. The van der Waals surface area contributed by atoms with Crippen LogP contribution < -0.4 is 19.6 Å². The molecular formula is C26H26N2O5. The van der Waals surface area contributed by atoms with E-state index >= 15 is 0 Å². The quantitative estimate of drug-likeness (QED) is 0.158. The van der Waals surface area contributed by atoms with Crippen molar-refractivity contribution in [1.82, 2.24) is 5.43 Å². The van der Waals surface area contributed by atoms with Gasteiger partial charge in [-0.25, -0.2) is 10.2 Å². The first-order valence-electron chi connectivity index (χ1n) is 10.6. The van der Waals surface area contributed by atoms with E-state index in [-0.39, 0.29) is 5.91 Å². The summed E-state index contributed by atoms with van der Waals surface area (Å²) in [5, 5.41) is 3.98. The van der Waals surface area contributed by atoms with Gasteiger partial charge in [-0.05, 0) is 84.8 Å². The standard InChI is InChI=1S/C26H26N2O5/c1-3-4-17-32-23-15-7-20(8-16-23)25(29)28-27-18-19-5-11-24(12-6-19)33-26(30)21-9-13-22(31-2)14-10-21/h5-16,18H,3-4,17H2,1-2H3,(H,28,29). The Balaban J connectivity index is 1.49. The SMILES string of the molecule is CCCCOc1ccc(C(=O)NN=Cc2ccc(OC(=O)c3ccc(OC)cc3)cc2)cc1. The predicted octanol–water partition coefficient (Wildman–Crippen LogP) is 4.86. The van der Waals surface area contributed by atoms with Gasteiger partial charge in [0, 0.05) is 5.56 Å². The highest BCUT2D eigenvalue weighted by atomic mass is 16.5. The zero-order chi connectivity index (χ0) is 23.5. The Morgan fingerprint density at radius 3 is 2.09 bits per heavy atom. The van der Waals surface area contributed by atoms with Gasteiger partial charge in [-0.3, -0.25) is 4.79 Å². The second kappa shape index (κ2) is 12.0. The minimum absolute atomic E-state index is 0.323. The summed E-state index contributed by atoms with van der Waals surface area (Å²) >= 11 is 0. The fourth-order valence-electron chi connectivity index (χ4n) is 2.78. The molecule has 7 heteroatoms. The molecule has 0 radical (unpaired) electrons. The minimum atomic E-state index is -0.465. The average molecular weight is 447 g/mol. The van der Waals surface area contributed by atoms with Crippen molar-refractivity contribution in [3.05, 3.63) is 89.5 Å². The molecule has 0 aliphatic heterocycles. The Morgan fingerprint density at radius 2 is 1.45 bits per heavy atom. The van der Waals surface area contributed by atoms with Crippen LogP contribution in [0.5, 0.6) is 17.2 Å². The van der Waals surface area contributed by atoms with Crippen molar-refractivity contribution in [2.75, 3.05) is 13.7 Å². The van der Waals surface area contributed by atoms with E-state index in [1.807, 2.05) is 0 Å². The van der Waals surface area contributed by atoms with Gasteiger partial charge in [0.05, 0.1) is 25.5 Å². The smallest absolute Gasteiger partial charge is 0.343 e. The summed E-state index contributed by atoms with van der Waals surface area (Å²) in [6.07, 6.45) is 3.56. The monoisotopic (exact) mass is 446 g/mol. The molecule has 0 aliphatic rings. The number of amides is 1. The number of esters is 1. The second-order valence-corrected chi connectivity index (χ2v) is 7.11. The van der Waals surface area contributed by atoms with Gasteiger partial charge in [0.15, 0.2) is 0 Å². The summed E-state index contributed by atoms with van der Waals surface area (Å²) in [7, 11) is 1.56. The zero-order valence-corrected chi connectivity index (χ0v) is 18.6. The minimum Gasteiger partial charge on any atom is -0.497 e. The van der Waals surface area contributed by atoms with E-state index in [4.69, 9.17) is 14.2 Å². The highest BCUT2D eigenvalue weighted by Gasteiger charge is 2.09. The number of rotatable bonds is 10. The van der Waals surface area contributed by atoms with Crippen LogP contribution in [0.1, 0.15) is 46.0 Å². The van der Waals surface area contributed by atoms with Gasteiger partial charge < -0.3 is 14.2 Å². The normalized spacial score (nSPS) is 10.6. The first kappa shape index (κ1) is 23.5. The number of nitrogens with zero attached hydrogens (tertiary/aromatic N) is 1. The first-order valence-corrected chi connectivity index (χ1v) is 10.6. The Morgan fingerprint density at radius 1 is 0.848 bits per heavy atom. The van der Waals surface area contributed by atoms with Crippen molar-refractivity contribution in [2.24, 2.45) is 5.10 Å². The van der Waals surface area contributed by atoms with E-state index in [9.17, 15) is 9.59 Å². The number of methoxy groups -OCH3 is 1. The maximum Gasteiger partial charge on any atom is 0.343 e. The number of hydrazone groups is 1. The van der Waals surface area contributed by atoms with Gasteiger partial charge in [-0.1, -0.05) is 13.3 Å². The van der Waals surface area contributed by atoms with E-state index in [2.05, 4.69) is 17.5 Å². The molecule has 170 valence electrons. The number of unbranched alkanes of at least 4 members (excludes halogenated alkanes) is 1. The lowest BCUT2D eigenvalue weighted by atomic mass is 10.2. The molecule has 0 spiro atoms. The first-order chi connectivity index (χ1) is 16.1. The molecule has 0 unspecified atom stereocenters. The van der Waals surface area contributed by atoms with Gasteiger partial charge in [-0.2, -0.15) is 5.10 Å². The highest BCUT2D eigenvalue weighted by Crippen LogP contribution is 2.16. The van der Waals surface area contributed by atoms with Crippen molar-refractivity contribution >= 4 is 18.1 Å². The molecule has 1 N–H and O–H groups in total. The third-order valence-electron chi connectivity index (χ3n) is 4.68. The van der Waals surface area contributed by atoms with Gasteiger partial charge >= 0.3 is 5.97 Å². The Kier molecular flexibility index (Phi) is 8.59. The van der Waals surface area contributed by atoms with Crippen LogP contribution in [-0.4, -0.2) is 31.8 Å². The van der Waals surface area contributed by atoms with Crippen molar-refractivity contribution in [2.45, 2.75) is 19.8 Å². The molecule has 1 amide bonds. The molecule has 0 heterocycles. The van der Waals surface area contributed by atoms with E-state index < -0.39 is 5.97 Å². The molecule has 0 saturated carbocycles. The van der Waals surface area contributed by atoms with Gasteiger partial charge in [0.1, 0.15) is 17.2 Å². The molecular weight excluding hydrogens is 420 g/mol. The number of hydrogen-bond acceptors (Lipinski definition) is 6. The number of hydrogen-bond donors (Lipinski definition) is 1. The van der Waals surface area contributed by atoms with E-state index in [0.717, 1.165) is 24.2 Å². The third kappa shape index (κ3) is 7.21. The molecule has 7 nitrogen and oxygen atoms in total. The average Bonchev–Trinajstić information content (AvgIpc) is 2.85. The molecule has 33 heavy (non-hydrogen) atoms. The molecule has 3 aromatic carbocycles. The van der Waals surface area contributed by atoms with Crippen LogP contribution in [0.15, 0.2) is 77.9 Å². The summed E-state index contributed by atoms with van der Waals surface area (Å²) in [5.41, 5.74) is 4.13. The van der Waals surface area contributed by atoms with Crippen molar-refractivity contribution in [3.8, 4) is 17.2 Å². The molecule has 0 saturated heterocycles. The summed E-state index contributed by atoms with van der Waals surface area (Å²) in [6.45, 7) is 2.76. The predicted molar refractivity (Wildman–Crippen MR) is 126 cm³/mol. The molecule has 3 rings (SSSR count). The lowest BCUT2D eigenvalue weighted by Crippen LogP contribution is -2.17. The van der Waals surface area contributed by atoms with Gasteiger partial charge in [0.25, 0.3) is 5.91 Å². The molecule has 3 aromatic rings. The van der Waals surface area contributed by atoms with Crippen molar-refractivity contribution in [1.29, 1.82) is 0 Å². The highest BCUT2D eigenvalue weighted by molar-refractivity contribution is 5.95. The van der Waals surface area contributed by atoms with E-state index in [1.54, 1.807) is 79.9 Å². The van der Waals surface area contributed by atoms with Crippen molar-refractivity contribution in [3.63, 3.8) is 0 Å². The number of carbonyl (C=O) groups excluding carboxylic acids is 2. The van der Waals surface area contributed by atoms with Crippen LogP contribution in [0.25, 0.3) is 0 Å². The maximum absolute atomic E-state index is 12.2. The summed E-state index contributed by atoms with van der Waals surface area (Å²) in [4.78, 5) is 24.4. The lowest BCUT2D eigenvalue weighted by Gasteiger charge is -2.06. The van der Waals surface area contributed by atoms with Crippen molar-refractivity contribution < 1.29 is 23.8 Å². The fourth-order valence-corrected chi connectivity index (χ4v) is 2.78. The van der Waals surface area contributed by atoms with Crippen LogP contribution in [0.2, 0.25) is 0 Å². The maximum atomic E-state index is 12.2. The number of carbonyl (C=O) groups is 2. The van der Waals surface area contributed by atoms with Crippen LogP contribution in [0.3, 0.4) is 0 Å². The number of benzene rings is 3. The Hall–Kier alpha value is -4.13. The van der Waals surface area contributed by atoms with E-state index in [0.29, 0.717) is 29.2 Å². The fraction of sp³-hybridized carbons (Fsp3) is 0.192. The van der Waals surface area contributed by atoms with E-state index in [1.165, 1.54) is 6.21 Å². The van der Waals surface area contributed by atoms with Gasteiger partial charge in [0.2, 0.25) is 0 Å². The largest absolute Gasteiger partial charge is 0.497 e. The Labute approximate surface area is 193 Å². The molecule has 0 aliphatic carbocycles. The number of ether oxygens (including phenoxy) is 3. The topological polar surface area (TPSA) is 86.2 Å². The summed E-state index contributed by atoms with van der Waals surface area (Å²) in [6, 6.07) is 20.3. The molecule has 0 bridgehead atoms. The third-order valence-corrected chi connectivity index (χ3v) is 4.68. The zero-order valence-electron chi connectivity index (χ0n) is 18.6. The van der Waals surface area contributed by atoms with Crippen LogP contribution in [0, 0.1) is 0 Å². The van der Waals surface area contributed by atoms with Crippen LogP contribution in [0.4, 0.5) is 0 Å². The molecule has 0 aromatic heterocycles.